The smallest absolute Gasteiger partial charge is 0.176 e. The van der Waals surface area contributed by atoms with Crippen LogP contribution >= 0.6 is 0 Å². The third-order valence-electron chi connectivity index (χ3n) is 3.86. The summed E-state index contributed by atoms with van der Waals surface area (Å²) >= 11 is 0. The third kappa shape index (κ3) is 5.33. The van der Waals surface area contributed by atoms with Crippen LogP contribution in [0.1, 0.15) is 22.3 Å². The van der Waals surface area contributed by atoms with E-state index in [1.807, 2.05) is 35.2 Å². The zero-order valence-electron chi connectivity index (χ0n) is 14.6. The summed E-state index contributed by atoms with van der Waals surface area (Å²) in [4.78, 5) is 14.6. The average Bonchev–Trinajstić information content (AvgIpc) is 2.66. The van der Waals surface area contributed by atoms with Crippen molar-refractivity contribution in [2.24, 2.45) is 0 Å². The van der Waals surface area contributed by atoms with E-state index in [1.165, 1.54) is 0 Å². The molecule has 0 fully saturated rings. The van der Waals surface area contributed by atoms with Gasteiger partial charge in [-0.1, -0.05) is 30.3 Å². The van der Waals surface area contributed by atoms with Gasteiger partial charge in [-0.25, -0.2) is 0 Å². The van der Waals surface area contributed by atoms with E-state index in [1.54, 1.807) is 32.4 Å². The van der Waals surface area contributed by atoms with Crippen molar-refractivity contribution in [2.45, 2.75) is 13.0 Å². The number of nitrogens with zero attached hydrogens (tertiary/aromatic N) is 2. The van der Waals surface area contributed by atoms with Crippen molar-refractivity contribution in [1.29, 1.82) is 5.26 Å². The lowest BCUT2D eigenvalue weighted by atomic mass is 10.1. The van der Waals surface area contributed by atoms with Gasteiger partial charge in [-0.2, -0.15) is 5.26 Å². The second kappa shape index (κ2) is 9.45. The van der Waals surface area contributed by atoms with Gasteiger partial charge in [-0.05, 0) is 23.8 Å². The molecule has 0 aromatic heterocycles. The van der Waals surface area contributed by atoms with E-state index in [0.717, 1.165) is 5.56 Å². The number of carbonyl (C=O) groups is 1. The molecule has 0 aliphatic carbocycles. The van der Waals surface area contributed by atoms with Crippen molar-refractivity contribution >= 4 is 5.78 Å². The molecule has 0 spiro atoms. The minimum Gasteiger partial charge on any atom is -0.493 e. The predicted molar refractivity (Wildman–Crippen MR) is 95.8 cm³/mol. The van der Waals surface area contributed by atoms with E-state index in [0.29, 0.717) is 36.6 Å². The highest BCUT2D eigenvalue weighted by molar-refractivity contribution is 5.98. The van der Waals surface area contributed by atoms with Gasteiger partial charge in [0.25, 0.3) is 0 Å². The van der Waals surface area contributed by atoms with E-state index in [9.17, 15) is 4.79 Å². The maximum Gasteiger partial charge on any atom is 0.176 e. The first-order valence-corrected chi connectivity index (χ1v) is 8.06. The van der Waals surface area contributed by atoms with E-state index in [2.05, 4.69) is 6.07 Å². The van der Waals surface area contributed by atoms with Crippen molar-refractivity contribution in [3.8, 4) is 17.6 Å². The molecular formula is C20H22N2O3. The van der Waals surface area contributed by atoms with Crippen LogP contribution in [0.4, 0.5) is 0 Å². The van der Waals surface area contributed by atoms with Gasteiger partial charge in [0.2, 0.25) is 0 Å². The SMILES string of the molecule is COc1ccc(C(=O)CN(CCC#N)Cc2ccccc2)cc1OC. The number of methoxy groups -OCH3 is 2. The highest BCUT2D eigenvalue weighted by Gasteiger charge is 2.15. The Balaban J connectivity index is 2.11. The van der Waals surface area contributed by atoms with E-state index in [4.69, 9.17) is 14.7 Å². The summed E-state index contributed by atoms with van der Waals surface area (Å²) < 4.78 is 10.5. The topological polar surface area (TPSA) is 62.6 Å². The fourth-order valence-corrected chi connectivity index (χ4v) is 2.57. The summed E-state index contributed by atoms with van der Waals surface area (Å²) in [6.07, 6.45) is 0.381. The molecule has 25 heavy (non-hydrogen) atoms. The van der Waals surface area contributed by atoms with Crippen LogP contribution < -0.4 is 9.47 Å². The Morgan fingerprint density at radius 1 is 1.08 bits per heavy atom. The molecule has 130 valence electrons. The Kier molecular flexibility index (Phi) is 7.00. The van der Waals surface area contributed by atoms with Crippen molar-refractivity contribution in [3.63, 3.8) is 0 Å². The summed E-state index contributed by atoms with van der Waals surface area (Å²) in [5.74, 6) is 1.10. The molecule has 2 aromatic carbocycles. The number of ether oxygens (including phenoxy) is 2. The van der Waals surface area contributed by atoms with E-state index >= 15 is 0 Å². The van der Waals surface area contributed by atoms with Gasteiger partial charge in [0.1, 0.15) is 0 Å². The number of carbonyl (C=O) groups excluding carboxylic acids is 1. The molecule has 0 aliphatic heterocycles. The minimum atomic E-state index is -0.0187. The lowest BCUT2D eigenvalue weighted by Gasteiger charge is -2.20. The first-order chi connectivity index (χ1) is 12.2. The van der Waals surface area contributed by atoms with Crippen LogP contribution in [-0.2, 0) is 6.54 Å². The Morgan fingerprint density at radius 3 is 2.44 bits per heavy atom. The van der Waals surface area contributed by atoms with Crippen molar-refractivity contribution in [3.05, 3.63) is 59.7 Å². The highest BCUT2D eigenvalue weighted by atomic mass is 16.5. The van der Waals surface area contributed by atoms with Crippen LogP contribution in [0.15, 0.2) is 48.5 Å². The average molecular weight is 338 g/mol. The summed E-state index contributed by atoms with van der Waals surface area (Å²) in [7, 11) is 3.10. The Hall–Kier alpha value is -2.84. The molecule has 0 atom stereocenters. The fourth-order valence-electron chi connectivity index (χ4n) is 2.57. The van der Waals surface area contributed by atoms with Gasteiger partial charge < -0.3 is 9.47 Å². The van der Waals surface area contributed by atoms with Crippen LogP contribution in [0.3, 0.4) is 0 Å². The lowest BCUT2D eigenvalue weighted by molar-refractivity contribution is 0.0926. The molecule has 2 rings (SSSR count). The number of ketones is 1. The first-order valence-electron chi connectivity index (χ1n) is 8.06. The van der Waals surface area contributed by atoms with Crippen molar-refractivity contribution in [1.82, 2.24) is 4.90 Å². The number of benzene rings is 2. The van der Waals surface area contributed by atoms with Gasteiger partial charge in [0.05, 0.1) is 26.8 Å². The Labute approximate surface area is 148 Å². The largest absolute Gasteiger partial charge is 0.493 e. The molecule has 0 aliphatic rings. The maximum atomic E-state index is 12.7. The summed E-state index contributed by atoms with van der Waals surface area (Å²) in [5.41, 5.74) is 1.67. The van der Waals surface area contributed by atoms with Gasteiger partial charge in [0, 0.05) is 25.1 Å². The maximum absolute atomic E-state index is 12.7. The van der Waals surface area contributed by atoms with Crippen molar-refractivity contribution < 1.29 is 14.3 Å². The molecule has 5 heteroatoms. The zero-order valence-corrected chi connectivity index (χ0v) is 14.6. The molecule has 0 N–H and O–H groups in total. The van der Waals surface area contributed by atoms with Crippen LogP contribution in [0.25, 0.3) is 0 Å². The molecule has 2 aromatic rings. The predicted octanol–water partition coefficient (Wildman–Crippen LogP) is 3.30. The Morgan fingerprint density at radius 2 is 1.80 bits per heavy atom. The molecule has 0 unspecified atom stereocenters. The quantitative estimate of drug-likeness (QED) is 0.657. The lowest BCUT2D eigenvalue weighted by Crippen LogP contribution is -2.30. The monoisotopic (exact) mass is 338 g/mol. The third-order valence-corrected chi connectivity index (χ3v) is 3.86. The number of nitriles is 1. The first kappa shape index (κ1) is 18.5. The van der Waals surface area contributed by atoms with Crippen LogP contribution in [-0.4, -0.2) is 38.0 Å². The van der Waals surface area contributed by atoms with E-state index < -0.39 is 0 Å². The van der Waals surface area contributed by atoms with Crippen LogP contribution in [0.2, 0.25) is 0 Å². The van der Waals surface area contributed by atoms with Crippen LogP contribution in [0.5, 0.6) is 11.5 Å². The number of Topliss-reactive ketones (excluding diaryl/α,β-unsaturated/α-hetero) is 1. The van der Waals surface area contributed by atoms with E-state index in [-0.39, 0.29) is 12.3 Å². The van der Waals surface area contributed by atoms with Gasteiger partial charge in [-0.15, -0.1) is 0 Å². The minimum absolute atomic E-state index is 0.0187. The second-order valence-corrected chi connectivity index (χ2v) is 5.60. The normalized spacial score (nSPS) is 10.3. The fraction of sp³-hybridized carbons (Fsp3) is 0.300. The molecule has 0 saturated carbocycles. The molecule has 0 bridgehead atoms. The molecule has 0 heterocycles. The molecule has 0 amide bonds. The summed E-state index contributed by atoms with van der Waals surface area (Å²) in [6.45, 7) is 1.41. The molecular weight excluding hydrogens is 316 g/mol. The Bertz CT molecular complexity index is 738. The van der Waals surface area contributed by atoms with Gasteiger partial charge >= 0.3 is 0 Å². The van der Waals surface area contributed by atoms with Gasteiger partial charge in [0.15, 0.2) is 17.3 Å². The van der Waals surface area contributed by atoms with Crippen LogP contribution in [0, 0.1) is 11.3 Å². The number of hydrogen-bond donors (Lipinski definition) is 0. The molecule has 0 radical (unpaired) electrons. The number of rotatable bonds is 9. The zero-order chi connectivity index (χ0) is 18.1. The molecule has 0 saturated heterocycles. The summed E-state index contributed by atoms with van der Waals surface area (Å²) in [5, 5.41) is 8.87. The number of hydrogen-bond acceptors (Lipinski definition) is 5. The van der Waals surface area contributed by atoms with Gasteiger partial charge in [-0.3, -0.25) is 9.69 Å². The van der Waals surface area contributed by atoms with Crippen molar-refractivity contribution in [2.75, 3.05) is 27.3 Å². The standard InChI is InChI=1S/C20H22N2O3/c1-24-19-10-9-17(13-20(19)25-2)18(23)15-22(12-6-11-21)14-16-7-4-3-5-8-16/h3-5,7-10,13H,6,12,14-15H2,1-2H3. The molecule has 5 nitrogen and oxygen atoms in total. The summed E-state index contributed by atoms with van der Waals surface area (Å²) in [6, 6.07) is 17.2. The highest BCUT2D eigenvalue weighted by Crippen LogP contribution is 2.27. The second-order valence-electron chi connectivity index (χ2n) is 5.60.